The molecule has 2 aromatic rings. The molecule has 1 amide bonds. The first-order valence-corrected chi connectivity index (χ1v) is 8.91. The van der Waals surface area contributed by atoms with Crippen LogP contribution in [-0.2, 0) is 18.3 Å². The van der Waals surface area contributed by atoms with Gasteiger partial charge in [0.25, 0.3) is 0 Å². The van der Waals surface area contributed by atoms with E-state index in [9.17, 15) is 4.79 Å². The average Bonchev–Trinajstić information content (AvgIpc) is 2.99. The Bertz CT molecular complexity index is 798. The summed E-state index contributed by atoms with van der Waals surface area (Å²) in [6.45, 7) is 5.52. The Hall–Kier alpha value is -2.04. The zero-order chi connectivity index (χ0) is 18.5. The fraction of sp³-hybridized carbons (Fsp3) is 0.500. The summed E-state index contributed by atoms with van der Waals surface area (Å²) in [6.07, 6.45) is -0.241. The van der Waals surface area contributed by atoms with Gasteiger partial charge >= 0.3 is 6.09 Å². The van der Waals surface area contributed by atoms with Crippen LogP contribution in [0.15, 0.2) is 29.3 Å². The number of para-hydroxylation sites is 2. The van der Waals surface area contributed by atoms with Crippen LogP contribution in [0.25, 0.3) is 11.0 Å². The molecule has 1 aliphatic rings. The Morgan fingerprint density at radius 3 is 2.52 bits per heavy atom. The van der Waals surface area contributed by atoms with Gasteiger partial charge in [-0.2, -0.15) is 0 Å². The molecular formula is C18H27IN6O2. The number of aliphatic imine (C=N–C) groups is 1. The number of nitrogens with zero attached hydrogens (tertiary/aromatic N) is 5. The Morgan fingerprint density at radius 2 is 1.89 bits per heavy atom. The molecule has 8 nitrogen and oxygen atoms in total. The van der Waals surface area contributed by atoms with Gasteiger partial charge in [-0.15, -0.1) is 24.0 Å². The van der Waals surface area contributed by atoms with Gasteiger partial charge in [-0.1, -0.05) is 12.1 Å². The van der Waals surface area contributed by atoms with E-state index in [2.05, 4.69) is 30.8 Å². The quantitative estimate of drug-likeness (QED) is 0.409. The highest BCUT2D eigenvalue weighted by molar-refractivity contribution is 14.0. The number of carbonyl (C=O) groups excluding carboxylic acids is 1. The van der Waals surface area contributed by atoms with Crippen LogP contribution in [0.3, 0.4) is 0 Å². The van der Waals surface area contributed by atoms with E-state index in [1.165, 1.54) is 0 Å². The minimum Gasteiger partial charge on any atom is -0.450 e. The molecule has 0 aliphatic carbocycles. The fourth-order valence-corrected chi connectivity index (χ4v) is 3.16. The highest BCUT2D eigenvalue weighted by Crippen LogP contribution is 2.14. The van der Waals surface area contributed by atoms with Gasteiger partial charge in [0.2, 0.25) is 0 Å². The number of hydrogen-bond donors (Lipinski definition) is 1. The number of benzene rings is 1. The summed E-state index contributed by atoms with van der Waals surface area (Å²) in [4.78, 5) is 24.7. The van der Waals surface area contributed by atoms with Crippen LogP contribution in [-0.4, -0.2) is 71.2 Å². The second-order valence-electron chi connectivity index (χ2n) is 6.15. The van der Waals surface area contributed by atoms with Gasteiger partial charge in [0.05, 0.1) is 24.2 Å². The van der Waals surface area contributed by atoms with Crippen LogP contribution < -0.4 is 5.32 Å². The molecule has 0 spiro atoms. The Morgan fingerprint density at radius 1 is 1.22 bits per heavy atom. The van der Waals surface area contributed by atoms with Crippen LogP contribution in [0.1, 0.15) is 12.7 Å². The summed E-state index contributed by atoms with van der Waals surface area (Å²) >= 11 is 0. The van der Waals surface area contributed by atoms with Crippen molar-refractivity contribution in [2.75, 3.05) is 39.8 Å². The van der Waals surface area contributed by atoms with Crippen LogP contribution in [0.5, 0.6) is 0 Å². The second-order valence-corrected chi connectivity index (χ2v) is 6.15. The van der Waals surface area contributed by atoms with Crippen molar-refractivity contribution in [1.82, 2.24) is 24.7 Å². The monoisotopic (exact) mass is 486 g/mol. The summed E-state index contributed by atoms with van der Waals surface area (Å²) < 4.78 is 7.15. The van der Waals surface area contributed by atoms with E-state index in [1.807, 2.05) is 32.2 Å². The number of aryl methyl sites for hydroxylation is 1. The van der Waals surface area contributed by atoms with Crippen molar-refractivity contribution < 1.29 is 9.53 Å². The maximum absolute atomic E-state index is 11.8. The highest BCUT2D eigenvalue weighted by Gasteiger charge is 2.23. The molecule has 0 radical (unpaired) electrons. The topological polar surface area (TPSA) is 75.0 Å². The van der Waals surface area contributed by atoms with Crippen molar-refractivity contribution >= 4 is 47.1 Å². The first-order valence-electron chi connectivity index (χ1n) is 8.91. The van der Waals surface area contributed by atoms with Gasteiger partial charge in [-0.05, 0) is 19.1 Å². The molecule has 1 aliphatic heterocycles. The van der Waals surface area contributed by atoms with Crippen molar-refractivity contribution in [3.05, 3.63) is 30.1 Å². The number of rotatable bonds is 3. The molecule has 27 heavy (non-hydrogen) atoms. The van der Waals surface area contributed by atoms with E-state index in [0.29, 0.717) is 26.2 Å². The molecule has 1 saturated heterocycles. The maximum Gasteiger partial charge on any atom is 0.409 e. The third-order valence-electron chi connectivity index (χ3n) is 4.60. The zero-order valence-corrected chi connectivity index (χ0v) is 18.3. The van der Waals surface area contributed by atoms with E-state index in [-0.39, 0.29) is 30.1 Å². The molecule has 1 aromatic carbocycles. The van der Waals surface area contributed by atoms with E-state index < -0.39 is 0 Å². The predicted molar refractivity (Wildman–Crippen MR) is 116 cm³/mol. The largest absolute Gasteiger partial charge is 0.450 e. The first kappa shape index (κ1) is 21.3. The molecule has 0 bridgehead atoms. The van der Waals surface area contributed by atoms with Crippen molar-refractivity contribution in [2.45, 2.75) is 13.5 Å². The van der Waals surface area contributed by atoms with E-state index >= 15 is 0 Å². The number of carbonyl (C=O) groups is 1. The Kier molecular flexibility index (Phi) is 7.69. The molecule has 1 N–H and O–H groups in total. The molecule has 1 aromatic heterocycles. The first-order chi connectivity index (χ1) is 12.6. The molecule has 0 saturated carbocycles. The molecule has 3 rings (SSSR count). The highest BCUT2D eigenvalue weighted by atomic mass is 127. The minimum absolute atomic E-state index is 0. The zero-order valence-electron chi connectivity index (χ0n) is 16.0. The Balaban J connectivity index is 0.00000261. The lowest BCUT2D eigenvalue weighted by Gasteiger charge is -2.35. The summed E-state index contributed by atoms with van der Waals surface area (Å²) in [5.41, 5.74) is 2.10. The minimum atomic E-state index is -0.241. The van der Waals surface area contributed by atoms with Gasteiger partial charge < -0.3 is 24.4 Å². The van der Waals surface area contributed by atoms with E-state index in [4.69, 9.17) is 4.74 Å². The van der Waals surface area contributed by atoms with E-state index in [1.54, 1.807) is 11.9 Å². The molecule has 148 valence electrons. The summed E-state index contributed by atoms with van der Waals surface area (Å²) in [7, 11) is 3.79. The smallest absolute Gasteiger partial charge is 0.409 e. The lowest BCUT2D eigenvalue weighted by atomic mass is 10.3. The lowest BCUT2D eigenvalue weighted by molar-refractivity contribution is 0.0914. The molecule has 9 heteroatoms. The van der Waals surface area contributed by atoms with E-state index in [0.717, 1.165) is 35.9 Å². The number of guanidine groups is 1. The SMILES string of the molecule is CCOC(=O)N1CCN(C(=NC)NCc2nc3ccccc3n2C)CC1.I. The number of imidazole rings is 1. The normalized spacial score (nSPS) is 14.9. The average molecular weight is 486 g/mol. The molecule has 0 unspecified atom stereocenters. The number of nitrogens with one attached hydrogen (secondary N) is 1. The number of halogens is 1. The second kappa shape index (κ2) is 9.77. The van der Waals surface area contributed by atoms with Crippen molar-refractivity contribution in [1.29, 1.82) is 0 Å². The fourth-order valence-electron chi connectivity index (χ4n) is 3.16. The van der Waals surface area contributed by atoms with Crippen molar-refractivity contribution in [2.24, 2.45) is 12.0 Å². The Labute approximate surface area is 176 Å². The van der Waals surface area contributed by atoms with Crippen molar-refractivity contribution in [3.63, 3.8) is 0 Å². The number of aromatic nitrogens is 2. The molecule has 2 heterocycles. The third-order valence-corrected chi connectivity index (χ3v) is 4.60. The van der Waals surface area contributed by atoms with Gasteiger partial charge in [0.15, 0.2) is 5.96 Å². The van der Waals surface area contributed by atoms with Gasteiger partial charge in [-0.25, -0.2) is 9.78 Å². The molecule has 0 atom stereocenters. The van der Waals surface area contributed by atoms with Crippen molar-refractivity contribution in [3.8, 4) is 0 Å². The summed E-state index contributed by atoms with van der Waals surface area (Å²) in [5, 5.41) is 3.38. The van der Waals surface area contributed by atoms with Gasteiger partial charge in [-0.3, -0.25) is 4.99 Å². The summed E-state index contributed by atoms with van der Waals surface area (Å²) in [5.74, 6) is 1.78. The lowest BCUT2D eigenvalue weighted by Crippen LogP contribution is -2.53. The number of fused-ring (bicyclic) bond motifs is 1. The number of piperazine rings is 1. The maximum atomic E-state index is 11.8. The van der Waals surface area contributed by atoms with Gasteiger partial charge in [0.1, 0.15) is 5.82 Å². The van der Waals surface area contributed by atoms with Crippen LogP contribution >= 0.6 is 24.0 Å². The standard InChI is InChI=1S/C18H26N6O2.HI/c1-4-26-18(25)24-11-9-23(10-12-24)17(19-2)20-13-16-21-14-7-5-6-8-15(14)22(16)3;/h5-8H,4,9-13H2,1-3H3,(H,19,20);1H. The number of amides is 1. The number of ether oxygens (including phenoxy) is 1. The van der Waals surface area contributed by atoms with Gasteiger partial charge in [0, 0.05) is 40.3 Å². The van der Waals surface area contributed by atoms with Crippen LogP contribution in [0, 0.1) is 0 Å². The molecule has 1 fully saturated rings. The van der Waals surface area contributed by atoms with Crippen LogP contribution in [0.2, 0.25) is 0 Å². The van der Waals surface area contributed by atoms with Crippen LogP contribution in [0.4, 0.5) is 4.79 Å². The third kappa shape index (κ3) is 4.82. The summed E-state index contributed by atoms with van der Waals surface area (Å²) in [6, 6.07) is 8.09. The molecular weight excluding hydrogens is 459 g/mol. The number of hydrogen-bond acceptors (Lipinski definition) is 4. The predicted octanol–water partition coefficient (Wildman–Crippen LogP) is 2.04.